The lowest BCUT2D eigenvalue weighted by atomic mass is 10.0. The first kappa shape index (κ1) is 22.8. The summed E-state index contributed by atoms with van der Waals surface area (Å²) in [6.45, 7) is 4.37. The molecular formula is C23H30N2O6. The van der Waals surface area contributed by atoms with Crippen LogP contribution in [0.1, 0.15) is 31.2 Å². The van der Waals surface area contributed by atoms with Crippen molar-refractivity contribution < 1.29 is 29.0 Å². The van der Waals surface area contributed by atoms with Crippen LogP contribution in [0.25, 0.3) is 0 Å². The third-order valence-corrected chi connectivity index (χ3v) is 5.58. The predicted octanol–water partition coefficient (Wildman–Crippen LogP) is 2.38. The first-order valence-electron chi connectivity index (χ1n) is 10.7. The molecule has 3 rings (SSSR count). The SMILES string of the molecule is C=CCO[C@@H]1C[C@@H](C(=O)O)N(C(=O)[C@@H](CCc2ccccc2)NC(=O)OCC2CC2)C1. The summed E-state index contributed by atoms with van der Waals surface area (Å²) in [7, 11) is 0. The van der Waals surface area contributed by atoms with E-state index in [2.05, 4.69) is 11.9 Å². The van der Waals surface area contributed by atoms with Crippen molar-refractivity contribution in [2.24, 2.45) is 5.92 Å². The predicted molar refractivity (Wildman–Crippen MR) is 113 cm³/mol. The molecule has 1 aromatic carbocycles. The van der Waals surface area contributed by atoms with Gasteiger partial charge in [0, 0.05) is 13.0 Å². The number of benzene rings is 1. The van der Waals surface area contributed by atoms with Crippen LogP contribution in [-0.4, -0.2) is 65.9 Å². The Morgan fingerprint density at radius 3 is 2.65 bits per heavy atom. The summed E-state index contributed by atoms with van der Waals surface area (Å²) in [5.41, 5.74) is 1.02. The number of aliphatic carboxylic acids is 1. The minimum absolute atomic E-state index is 0.157. The average Bonchev–Trinajstić information content (AvgIpc) is 3.50. The molecule has 2 amide bonds. The van der Waals surface area contributed by atoms with Crippen molar-refractivity contribution in [1.29, 1.82) is 0 Å². The van der Waals surface area contributed by atoms with Crippen LogP contribution in [0.2, 0.25) is 0 Å². The van der Waals surface area contributed by atoms with Crippen molar-refractivity contribution in [3.05, 3.63) is 48.6 Å². The van der Waals surface area contributed by atoms with Crippen molar-refractivity contribution in [3.63, 3.8) is 0 Å². The highest BCUT2D eigenvalue weighted by molar-refractivity contribution is 5.90. The van der Waals surface area contributed by atoms with Crippen molar-refractivity contribution in [2.75, 3.05) is 19.8 Å². The van der Waals surface area contributed by atoms with Crippen molar-refractivity contribution >= 4 is 18.0 Å². The molecule has 31 heavy (non-hydrogen) atoms. The maximum atomic E-state index is 13.3. The van der Waals surface area contributed by atoms with Crippen LogP contribution in [-0.2, 0) is 25.5 Å². The van der Waals surface area contributed by atoms with E-state index in [1.165, 1.54) is 4.90 Å². The minimum Gasteiger partial charge on any atom is -0.480 e. The molecule has 0 bridgehead atoms. The number of nitrogens with one attached hydrogen (secondary N) is 1. The number of rotatable bonds is 11. The summed E-state index contributed by atoms with van der Waals surface area (Å²) in [5, 5.41) is 12.3. The second kappa shape index (κ2) is 10.9. The van der Waals surface area contributed by atoms with Gasteiger partial charge in [0.1, 0.15) is 12.1 Å². The molecule has 1 heterocycles. The number of carboxylic acid groups (broad SMARTS) is 1. The molecule has 3 atom stereocenters. The van der Waals surface area contributed by atoms with E-state index in [-0.39, 0.29) is 25.7 Å². The largest absolute Gasteiger partial charge is 0.480 e. The Hall–Kier alpha value is -2.87. The number of hydrogen-bond donors (Lipinski definition) is 2. The van der Waals surface area contributed by atoms with E-state index in [4.69, 9.17) is 9.47 Å². The van der Waals surface area contributed by atoms with Crippen LogP contribution in [0.5, 0.6) is 0 Å². The van der Waals surface area contributed by atoms with Gasteiger partial charge in [-0.15, -0.1) is 6.58 Å². The van der Waals surface area contributed by atoms with E-state index in [1.54, 1.807) is 6.08 Å². The maximum absolute atomic E-state index is 13.3. The van der Waals surface area contributed by atoms with Crippen LogP contribution < -0.4 is 5.32 Å². The van der Waals surface area contributed by atoms with Crippen LogP contribution in [0.15, 0.2) is 43.0 Å². The zero-order chi connectivity index (χ0) is 22.2. The number of carboxylic acids is 1. The Balaban J connectivity index is 1.68. The van der Waals surface area contributed by atoms with Crippen LogP contribution in [0.4, 0.5) is 4.79 Å². The number of carbonyl (C=O) groups is 3. The number of amides is 2. The van der Waals surface area contributed by atoms with Gasteiger partial charge in [-0.2, -0.15) is 0 Å². The van der Waals surface area contributed by atoms with Gasteiger partial charge in [0.2, 0.25) is 5.91 Å². The normalized spacial score (nSPS) is 21.4. The molecule has 2 aliphatic rings. The zero-order valence-corrected chi connectivity index (χ0v) is 17.6. The van der Waals surface area contributed by atoms with E-state index >= 15 is 0 Å². The van der Waals surface area contributed by atoms with Gasteiger partial charge < -0.3 is 24.8 Å². The van der Waals surface area contributed by atoms with Crippen LogP contribution in [0, 0.1) is 5.92 Å². The lowest BCUT2D eigenvalue weighted by molar-refractivity contribution is -0.149. The molecule has 8 heteroatoms. The van der Waals surface area contributed by atoms with Gasteiger partial charge >= 0.3 is 12.1 Å². The molecule has 2 N–H and O–H groups in total. The van der Waals surface area contributed by atoms with Gasteiger partial charge in [-0.1, -0.05) is 36.4 Å². The smallest absolute Gasteiger partial charge is 0.407 e. The second-order valence-corrected chi connectivity index (χ2v) is 8.09. The Bertz CT molecular complexity index is 780. The topological polar surface area (TPSA) is 105 Å². The van der Waals surface area contributed by atoms with E-state index in [9.17, 15) is 19.5 Å². The summed E-state index contributed by atoms with van der Waals surface area (Å²) in [4.78, 5) is 38.6. The molecule has 1 saturated carbocycles. The fraction of sp³-hybridized carbons (Fsp3) is 0.522. The molecule has 1 aromatic rings. The van der Waals surface area contributed by atoms with E-state index in [1.807, 2.05) is 30.3 Å². The molecule has 0 aromatic heterocycles. The number of nitrogens with zero attached hydrogens (tertiary/aromatic N) is 1. The number of carbonyl (C=O) groups excluding carboxylic acids is 2. The number of aryl methyl sites for hydroxylation is 1. The standard InChI is InChI=1S/C23H30N2O6/c1-2-12-30-18-13-20(22(27)28)25(14-18)21(26)19(11-10-16-6-4-3-5-7-16)24-23(29)31-15-17-8-9-17/h2-7,17-20H,1,8-15H2,(H,24,29)(H,27,28)/t18-,19-,20+/m1/s1. The van der Waals surface area contributed by atoms with Gasteiger partial charge in [-0.3, -0.25) is 4.79 Å². The lowest BCUT2D eigenvalue weighted by Crippen LogP contribution is -2.52. The molecule has 1 aliphatic carbocycles. The maximum Gasteiger partial charge on any atom is 0.407 e. The van der Waals surface area contributed by atoms with Gasteiger partial charge in [-0.05, 0) is 37.2 Å². The molecule has 0 spiro atoms. The average molecular weight is 431 g/mol. The minimum atomic E-state index is -1.09. The summed E-state index contributed by atoms with van der Waals surface area (Å²) >= 11 is 0. The number of likely N-dealkylation sites (tertiary alicyclic amines) is 1. The number of hydrogen-bond acceptors (Lipinski definition) is 5. The summed E-state index contributed by atoms with van der Waals surface area (Å²) in [6.07, 6.45) is 3.73. The summed E-state index contributed by atoms with van der Waals surface area (Å²) < 4.78 is 10.8. The van der Waals surface area contributed by atoms with Crippen LogP contribution >= 0.6 is 0 Å². The van der Waals surface area contributed by atoms with Crippen LogP contribution in [0.3, 0.4) is 0 Å². The van der Waals surface area contributed by atoms with Gasteiger partial charge in [0.25, 0.3) is 0 Å². The van der Waals surface area contributed by atoms with Crippen molar-refractivity contribution in [2.45, 2.75) is 50.3 Å². The Morgan fingerprint density at radius 2 is 2.00 bits per heavy atom. The first-order valence-corrected chi connectivity index (χ1v) is 10.7. The second-order valence-electron chi connectivity index (χ2n) is 8.09. The van der Waals surface area contributed by atoms with E-state index in [0.717, 1.165) is 18.4 Å². The highest BCUT2D eigenvalue weighted by Gasteiger charge is 2.42. The third-order valence-electron chi connectivity index (χ3n) is 5.58. The fourth-order valence-corrected chi connectivity index (χ4v) is 3.68. The Morgan fingerprint density at radius 1 is 1.26 bits per heavy atom. The van der Waals surface area contributed by atoms with E-state index in [0.29, 0.717) is 25.4 Å². The summed E-state index contributed by atoms with van der Waals surface area (Å²) in [6, 6.07) is 7.74. The van der Waals surface area contributed by atoms with E-state index < -0.39 is 30.1 Å². The molecular weight excluding hydrogens is 400 g/mol. The molecule has 0 unspecified atom stereocenters. The molecule has 1 aliphatic heterocycles. The summed E-state index contributed by atoms with van der Waals surface area (Å²) in [5.74, 6) is -1.12. The molecule has 8 nitrogen and oxygen atoms in total. The highest BCUT2D eigenvalue weighted by Crippen LogP contribution is 2.29. The molecule has 0 radical (unpaired) electrons. The molecule has 2 fully saturated rings. The lowest BCUT2D eigenvalue weighted by Gasteiger charge is -2.27. The third kappa shape index (κ3) is 6.82. The Kier molecular flexibility index (Phi) is 8.06. The first-order chi connectivity index (χ1) is 15.0. The molecule has 168 valence electrons. The zero-order valence-electron chi connectivity index (χ0n) is 17.6. The fourth-order valence-electron chi connectivity index (χ4n) is 3.68. The van der Waals surface area contributed by atoms with Gasteiger partial charge in [-0.25, -0.2) is 9.59 Å². The highest BCUT2D eigenvalue weighted by atomic mass is 16.5. The van der Waals surface area contributed by atoms with Crippen molar-refractivity contribution in [1.82, 2.24) is 10.2 Å². The monoisotopic (exact) mass is 430 g/mol. The molecule has 1 saturated heterocycles. The van der Waals surface area contributed by atoms with Crippen molar-refractivity contribution in [3.8, 4) is 0 Å². The quantitative estimate of drug-likeness (QED) is 0.522. The van der Waals surface area contributed by atoms with Gasteiger partial charge in [0.15, 0.2) is 0 Å². The number of ether oxygens (including phenoxy) is 2. The number of alkyl carbamates (subject to hydrolysis) is 1. The Labute approximate surface area is 182 Å². The van der Waals surface area contributed by atoms with Gasteiger partial charge in [0.05, 0.1) is 19.3 Å².